The molecule has 1 unspecified atom stereocenters. The van der Waals surface area contributed by atoms with Crippen LogP contribution in [0.5, 0.6) is 5.75 Å². The lowest BCUT2D eigenvalue weighted by molar-refractivity contribution is -0.115. The number of phenolic OH excluding ortho intramolecular Hbond substituents is 1. The summed E-state index contributed by atoms with van der Waals surface area (Å²) in [6.07, 6.45) is 0. The van der Waals surface area contributed by atoms with Crippen molar-refractivity contribution in [2.75, 3.05) is 5.32 Å². The maximum Gasteiger partial charge on any atom is 0.277 e. The Balaban J connectivity index is 1.65. The molecule has 128 valence electrons. The maximum atomic E-state index is 12.3. The van der Waals surface area contributed by atoms with Gasteiger partial charge in [-0.05, 0) is 43.3 Å². The van der Waals surface area contributed by atoms with E-state index in [1.54, 1.807) is 31.2 Å². The molecule has 0 saturated carbocycles. The van der Waals surface area contributed by atoms with Crippen molar-refractivity contribution in [2.45, 2.75) is 17.4 Å². The average Bonchev–Trinajstić information content (AvgIpc) is 3.05. The SMILES string of the molecule is CC(Sc1nnc(-c2ccccc2O)o1)C(=O)Nc1ccc(Br)cc1. The van der Waals surface area contributed by atoms with Crippen LogP contribution in [0.2, 0.25) is 0 Å². The highest BCUT2D eigenvalue weighted by atomic mass is 79.9. The number of nitrogens with one attached hydrogen (secondary N) is 1. The molecule has 1 amide bonds. The maximum absolute atomic E-state index is 12.3. The minimum absolute atomic E-state index is 0.0590. The molecule has 1 heterocycles. The van der Waals surface area contributed by atoms with Gasteiger partial charge in [0.05, 0.1) is 10.8 Å². The zero-order valence-electron chi connectivity index (χ0n) is 13.1. The first kappa shape index (κ1) is 17.5. The van der Waals surface area contributed by atoms with Crippen molar-refractivity contribution in [2.24, 2.45) is 0 Å². The summed E-state index contributed by atoms with van der Waals surface area (Å²) >= 11 is 4.50. The molecule has 0 aliphatic carbocycles. The van der Waals surface area contributed by atoms with Crippen molar-refractivity contribution in [3.05, 3.63) is 53.0 Å². The Morgan fingerprint density at radius 1 is 1.20 bits per heavy atom. The molecule has 2 aromatic carbocycles. The van der Waals surface area contributed by atoms with Crippen LogP contribution in [0.1, 0.15) is 6.92 Å². The zero-order valence-corrected chi connectivity index (χ0v) is 15.5. The Labute approximate surface area is 156 Å². The van der Waals surface area contributed by atoms with Crippen molar-refractivity contribution in [3.8, 4) is 17.2 Å². The van der Waals surface area contributed by atoms with Crippen LogP contribution in [0.25, 0.3) is 11.5 Å². The molecule has 0 aliphatic heterocycles. The number of hydrogen-bond donors (Lipinski definition) is 2. The fourth-order valence-electron chi connectivity index (χ4n) is 2.00. The van der Waals surface area contributed by atoms with Crippen LogP contribution < -0.4 is 5.32 Å². The number of halogens is 1. The van der Waals surface area contributed by atoms with Crippen LogP contribution >= 0.6 is 27.7 Å². The van der Waals surface area contributed by atoms with Gasteiger partial charge in [0.2, 0.25) is 5.91 Å². The molecule has 8 heteroatoms. The average molecular weight is 420 g/mol. The second kappa shape index (κ2) is 7.71. The van der Waals surface area contributed by atoms with E-state index >= 15 is 0 Å². The minimum Gasteiger partial charge on any atom is -0.507 e. The van der Waals surface area contributed by atoms with Crippen LogP contribution in [0.4, 0.5) is 5.69 Å². The van der Waals surface area contributed by atoms with E-state index in [2.05, 4.69) is 31.4 Å². The second-order valence-electron chi connectivity index (χ2n) is 5.15. The number of phenols is 1. The predicted molar refractivity (Wildman–Crippen MR) is 99.5 cm³/mol. The van der Waals surface area contributed by atoms with Gasteiger partial charge in [-0.1, -0.05) is 39.8 Å². The van der Waals surface area contributed by atoms with Crippen molar-refractivity contribution in [1.29, 1.82) is 0 Å². The van der Waals surface area contributed by atoms with Crippen molar-refractivity contribution >= 4 is 39.3 Å². The van der Waals surface area contributed by atoms with Gasteiger partial charge >= 0.3 is 0 Å². The van der Waals surface area contributed by atoms with Crippen LogP contribution in [0.3, 0.4) is 0 Å². The molecule has 0 aliphatic rings. The number of rotatable bonds is 5. The van der Waals surface area contributed by atoms with Crippen LogP contribution in [0.15, 0.2) is 62.6 Å². The number of carbonyl (C=O) groups excluding carboxylic acids is 1. The molecular formula is C17H14BrN3O3S. The predicted octanol–water partition coefficient (Wildman–Crippen LogP) is 4.32. The Morgan fingerprint density at radius 2 is 1.92 bits per heavy atom. The molecule has 0 bridgehead atoms. The summed E-state index contributed by atoms with van der Waals surface area (Å²) in [6, 6.07) is 14.0. The molecule has 0 radical (unpaired) electrons. The number of aromatic hydroxyl groups is 1. The summed E-state index contributed by atoms with van der Waals surface area (Å²) in [7, 11) is 0. The molecule has 0 saturated heterocycles. The van der Waals surface area contributed by atoms with Crippen LogP contribution in [0, 0.1) is 0 Å². The lowest BCUT2D eigenvalue weighted by atomic mass is 10.2. The topological polar surface area (TPSA) is 88.2 Å². The summed E-state index contributed by atoms with van der Waals surface area (Å²) in [4.78, 5) is 12.3. The standard InChI is InChI=1S/C17H14BrN3O3S/c1-10(15(23)19-12-8-6-11(18)7-9-12)25-17-21-20-16(24-17)13-4-2-3-5-14(13)22/h2-10,22H,1H3,(H,19,23). The number of hydrogen-bond acceptors (Lipinski definition) is 6. The molecule has 6 nitrogen and oxygen atoms in total. The monoisotopic (exact) mass is 419 g/mol. The van der Waals surface area contributed by atoms with E-state index in [1.165, 1.54) is 0 Å². The number of amides is 1. The summed E-state index contributed by atoms with van der Waals surface area (Å²) in [6.45, 7) is 1.75. The number of anilines is 1. The summed E-state index contributed by atoms with van der Waals surface area (Å²) < 4.78 is 6.47. The molecule has 1 aromatic heterocycles. The van der Waals surface area contributed by atoms with E-state index in [0.29, 0.717) is 11.3 Å². The largest absolute Gasteiger partial charge is 0.507 e. The van der Waals surface area contributed by atoms with E-state index in [4.69, 9.17) is 4.42 Å². The van der Waals surface area contributed by atoms with Gasteiger partial charge < -0.3 is 14.8 Å². The van der Waals surface area contributed by atoms with Crippen molar-refractivity contribution < 1.29 is 14.3 Å². The number of para-hydroxylation sites is 1. The fraction of sp³-hybridized carbons (Fsp3) is 0.118. The van der Waals surface area contributed by atoms with E-state index in [1.807, 2.05) is 24.3 Å². The van der Waals surface area contributed by atoms with Gasteiger partial charge in [0.15, 0.2) is 0 Å². The molecule has 25 heavy (non-hydrogen) atoms. The summed E-state index contributed by atoms with van der Waals surface area (Å²) in [5.41, 5.74) is 1.16. The Kier molecular flexibility index (Phi) is 5.40. The first-order valence-electron chi connectivity index (χ1n) is 7.38. The van der Waals surface area contributed by atoms with Gasteiger partial charge in [0.25, 0.3) is 11.1 Å². The van der Waals surface area contributed by atoms with E-state index < -0.39 is 5.25 Å². The highest BCUT2D eigenvalue weighted by Crippen LogP contribution is 2.31. The minimum atomic E-state index is -0.429. The van der Waals surface area contributed by atoms with Crippen LogP contribution in [-0.2, 0) is 4.79 Å². The zero-order chi connectivity index (χ0) is 17.8. The normalized spacial score (nSPS) is 11.9. The number of thioether (sulfide) groups is 1. The third kappa shape index (κ3) is 4.40. The van der Waals surface area contributed by atoms with E-state index in [0.717, 1.165) is 16.2 Å². The smallest absolute Gasteiger partial charge is 0.277 e. The number of carbonyl (C=O) groups is 1. The van der Waals surface area contributed by atoms with Gasteiger partial charge in [-0.15, -0.1) is 10.2 Å². The molecule has 2 N–H and O–H groups in total. The highest BCUT2D eigenvalue weighted by Gasteiger charge is 2.19. The van der Waals surface area contributed by atoms with Gasteiger partial charge in [-0.2, -0.15) is 0 Å². The first-order chi connectivity index (χ1) is 12.0. The van der Waals surface area contributed by atoms with Gasteiger partial charge in [-0.25, -0.2) is 0 Å². The van der Waals surface area contributed by atoms with Gasteiger partial charge in [0.1, 0.15) is 5.75 Å². The fourth-order valence-corrected chi connectivity index (χ4v) is 2.95. The molecular weight excluding hydrogens is 406 g/mol. The molecule has 0 spiro atoms. The van der Waals surface area contributed by atoms with E-state index in [-0.39, 0.29) is 22.8 Å². The lowest BCUT2D eigenvalue weighted by Crippen LogP contribution is -2.22. The molecule has 3 aromatic rings. The molecule has 1 atom stereocenters. The van der Waals surface area contributed by atoms with E-state index in [9.17, 15) is 9.90 Å². The third-order valence-corrected chi connectivity index (χ3v) is 4.76. The van der Waals surface area contributed by atoms with Crippen molar-refractivity contribution in [3.63, 3.8) is 0 Å². The number of nitrogens with zero attached hydrogens (tertiary/aromatic N) is 2. The molecule has 3 rings (SSSR count). The first-order valence-corrected chi connectivity index (χ1v) is 9.05. The highest BCUT2D eigenvalue weighted by molar-refractivity contribution is 9.10. The molecule has 0 fully saturated rings. The summed E-state index contributed by atoms with van der Waals surface area (Å²) in [5.74, 6) is 0.0967. The lowest BCUT2D eigenvalue weighted by Gasteiger charge is -2.09. The Morgan fingerprint density at radius 3 is 2.64 bits per heavy atom. The third-order valence-electron chi connectivity index (χ3n) is 3.30. The van der Waals surface area contributed by atoms with Gasteiger partial charge in [0, 0.05) is 10.2 Å². The second-order valence-corrected chi connectivity index (χ2v) is 7.35. The van der Waals surface area contributed by atoms with Crippen LogP contribution in [-0.4, -0.2) is 26.5 Å². The quantitative estimate of drug-likeness (QED) is 0.598. The Bertz CT molecular complexity index is 883. The summed E-state index contributed by atoms with van der Waals surface area (Å²) in [5, 5.41) is 20.3. The van der Waals surface area contributed by atoms with Crippen molar-refractivity contribution in [1.82, 2.24) is 10.2 Å². The van der Waals surface area contributed by atoms with Gasteiger partial charge in [-0.3, -0.25) is 4.79 Å². The number of aromatic nitrogens is 2. The number of benzene rings is 2. The Hall–Kier alpha value is -2.32.